The minimum Gasteiger partial charge on any atom is -0.366 e. The third-order valence-corrected chi connectivity index (χ3v) is 7.52. The molecular formula is C29H28N4O3S. The van der Waals surface area contributed by atoms with Crippen molar-refractivity contribution in [2.24, 2.45) is 4.99 Å². The van der Waals surface area contributed by atoms with E-state index in [2.05, 4.69) is 4.90 Å². The monoisotopic (exact) mass is 512 g/mol. The molecule has 0 unspecified atom stereocenters. The number of aryl methyl sites for hydroxylation is 2. The Morgan fingerprint density at radius 3 is 2.22 bits per heavy atom. The van der Waals surface area contributed by atoms with Crippen LogP contribution in [0, 0.1) is 24.0 Å². The van der Waals surface area contributed by atoms with Gasteiger partial charge in [-0.15, -0.1) is 0 Å². The second kappa shape index (κ2) is 10.6. The number of nitro benzene ring substituents is 1. The number of hydrogen-bond acceptors (Lipinski definition) is 6. The number of benzene rings is 3. The van der Waals surface area contributed by atoms with Crippen molar-refractivity contribution in [3.8, 4) is 0 Å². The molecule has 2 fully saturated rings. The Balaban J connectivity index is 1.52. The van der Waals surface area contributed by atoms with Gasteiger partial charge in [-0.25, -0.2) is 4.99 Å². The fraction of sp³-hybridized carbons (Fsp3) is 0.241. The van der Waals surface area contributed by atoms with Crippen molar-refractivity contribution in [2.75, 3.05) is 22.9 Å². The first-order valence-corrected chi connectivity index (χ1v) is 13.2. The van der Waals surface area contributed by atoms with Crippen molar-refractivity contribution in [3.63, 3.8) is 0 Å². The van der Waals surface area contributed by atoms with Gasteiger partial charge in [0.05, 0.1) is 21.2 Å². The molecule has 188 valence electrons. The van der Waals surface area contributed by atoms with Crippen LogP contribution in [0.15, 0.2) is 76.6 Å². The molecule has 0 bridgehead atoms. The van der Waals surface area contributed by atoms with Crippen LogP contribution in [0.1, 0.15) is 36.0 Å². The van der Waals surface area contributed by atoms with Crippen LogP contribution in [0.25, 0.3) is 6.08 Å². The fourth-order valence-electron chi connectivity index (χ4n) is 4.53. The maximum Gasteiger partial charge on any atom is 0.293 e. The van der Waals surface area contributed by atoms with E-state index in [1.807, 2.05) is 68.4 Å². The average molecular weight is 513 g/mol. The van der Waals surface area contributed by atoms with Gasteiger partial charge in [-0.3, -0.25) is 19.8 Å². The molecule has 3 aromatic carbocycles. The molecule has 2 aliphatic heterocycles. The zero-order chi connectivity index (χ0) is 25.9. The highest BCUT2D eigenvalue weighted by atomic mass is 32.2. The summed E-state index contributed by atoms with van der Waals surface area (Å²) in [6.07, 6.45) is 4.94. The standard InChI is InChI=1S/C29H28N4O3S/c1-20-6-11-23(12-7-20)30-29-32(24-13-8-21(2)9-14-24)28(34)27(37-29)19-22-10-15-25(26(18-22)33(35)36)31-16-4-3-5-17-31/h6-15,18-19H,3-5,16-17H2,1-2H3/b27-19-,30-29?. The molecular weight excluding hydrogens is 484 g/mol. The summed E-state index contributed by atoms with van der Waals surface area (Å²) in [6.45, 7) is 5.65. The summed E-state index contributed by atoms with van der Waals surface area (Å²) >= 11 is 1.27. The molecule has 1 amide bonds. The number of nitrogens with zero attached hydrogens (tertiary/aromatic N) is 4. The van der Waals surface area contributed by atoms with Crippen LogP contribution in [0.4, 0.5) is 22.7 Å². The SMILES string of the molecule is Cc1ccc(N=C2S/C(=C\c3ccc(N4CCCCC4)c([N+](=O)[O-])c3)C(=O)N2c2ccc(C)cc2)cc1. The Hall–Kier alpha value is -3.91. The van der Waals surface area contributed by atoms with Crippen LogP contribution in [0.2, 0.25) is 0 Å². The van der Waals surface area contributed by atoms with Gasteiger partial charge < -0.3 is 4.90 Å². The van der Waals surface area contributed by atoms with Gasteiger partial charge in [-0.05, 0) is 86.8 Å². The molecule has 5 rings (SSSR count). The highest BCUT2D eigenvalue weighted by Gasteiger charge is 2.35. The smallest absolute Gasteiger partial charge is 0.293 e. The minimum atomic E-state index is -0.335. The average Bonchev–Trinajstić information content (AvgIpc) is 3.20. The summed E-state index contributed by atoms with van der Waals surface area (Å²) in [5.74, 6) is -0.206. The summed E-state index contributed by atoms with van der Waals surface area (Å²) in [5.41, 5.74) is 5.02. The molecule has 0 saturated carbocycles. The number of amides is 1. The first kappa shape index (κ1) is 24.8. The molecule has 0 aromatic heterocycles. The lowest BCUT2D eigenvalue weighted by molar-refractivity contribution is -0.384. The number of amidine groups is 1. The van der Waals surface area contributed by atoms with Crippen molar-refractivity contribution in [1.29, 1.82) is 0 Å². The molecule has 2 aliphatic rings. The molecule has 0 radical (unpaired) electrons. The molecule has 0 N–H and O–H groups in total. The van der Waals surface area contributed by atoms with E-state index in [1.54, 1.807) is 23.1 Å². The van der Waals surface area contributed by atoms with Gasteiger partial charge in [0, 0.05) is 19.2 Å². The number of carbonyl (C=O) groups is 1. The topological polar surface area (TPSA) is 79.0 Å². The number of aliphatic imine (C=N–C) groups is 1. The van der Waals surface area contributed by atoms with Crippen LogP contribution in [0.3, 0.4) is 0 Å². The van der Waals surface area contributed by atoms with Crippen LogP contribution in [-0.2, 0) is 4.79 Å². The molecule has 3 aromatic rings. The highest BCUT2D eigenvalue weighted by Crippen LogP contribution is 2.39. The van der Waals surface area contributed by atoms with Crippen molar-refractivity contribution >= 4 is 51.7 Å². The number of nitro groups is 1. The van der Waals surface area contributed by atoms with Gasteiger partial charge in [0.15, 0.2) is 5.17 Å². The highest BCUT2D eigenvalue weighted by molar-refractivity contribution is 8.19. The number of piperidine rings is 1. The van der Waals surface area contributed by atoms with E-state index in [0.717, 1.165) is 54.9 Å². The van der Waals surface area contributed by atoms with E-state index < -0.39 is 0 Å². The van der Waals surface area contributed by atoms with Gasteiger partial charge >= 0.3 is 0 Å². The summed E-state index contributed by atoms with van der Waals surface area (Å²) in [6, 6.07) is 20.8. The number of carbonyl (C=O) groups excluding carboxylic acids is 1. The van der Waals surface area contributed by atoms with Gasteiger partial charge in [0.1, 0.15) is 5.69 Å². The van der Waals surface area contributed by atoms with Crippen LogP contribution in [0.5, 0.6) is 0 Å². The van der Waals surface area contributed by atoms with E-state index in [1.165, 1.54) is 11.8 Å². The lowest BCUT2D eigenvalue weighted by Gasteiger charge is -2.28. The van der Waals surface area contributed by atoms with Crippen LogP contribution in [-0.4, -0.2) is 29.1 Å². The summed E-state index contributed by atoms with van der Waals surface area (Å²) < 4.78 is 0. The predicted molar refractivity (Wildman–Crippen MR) is 152 cm³/mol. The molecule has 7 nitrogen and oxygen atoms in total. The zero-order valence-electron chi connectivity index (χ0n) is 20.9. The quantitative estimate of drug-likeness (QED) is 0.209. The number of thioether (sulfide) groups is 1. The lowest BCUT2D eigenvalue weighted by atomic mass is 10.1. The van der Waals surface area contributed by atoms with E-state index in [9.17, 15) is 14.9 Å². The van der Waals surface area contributed by atoms with E-state index >= 15 is 0 Å². The van der Waals surface area contributed by atoms with Crippen molar-refractivity contribution < 1.29 is 9.72 Å². The second-order valence-corrected chi connectivity index (χ2v) is 10.4. The normalized spacial score (nSPS) is 18.2. The maximum absolute atomic E-state index is 13.6. The predicted octanol–water partition coefficient (Wildman–Crippen LogP) is 7.01. The molecule has 0 atom stereocenters. The second-order valence-electron chi connectivity index (χ2n) is 9.37. The number of hydrogen-bond donors (Lipinski definition) is 0. The maximum atomic E-state index is 13.6. The molecule has 2 saturated heterocycles. The molecule has 37 heavy (non-hydrogen) atoms. The van der Waals surface area contributed by atoms with Crippen molar-refractivity contribution in [3.05, 3.63) is 98.4 Å². The van der Waals surface area contributed by atoms with Crippen LogP contribution >= 0.6 is 11.8 Å². The molecule has 8 heteroatoms. The Bertz CT molecular complexity index is 1390. The number of rotatable bonds is 5. The molecule has 0 spiro atoms. The van der Waals surface area contributed by atoms with Gasteiger partial charge in [0.25, 0.3) is 11.6 Å². The van der Waals surface area contributed by atoms with Crippen molar-refractivity contribution in [2.45, 2.75) is 33.1 Å². The Kier molecular flexibility index (Phi) is 7.10. The van der Waals surface area contributed by atoms with Gasteiger partial charge in [-0.2, -0.15) is 0 Å². The van der Waals surface area contributed by atoms with Crippen molar-refractivity contribution in [1.82, 2.24) is 0 Å². The Labute approximate surface area is 220 Å². The first-order chi connectivity index (χ1) is 17.9. The summed E-state index contributed by atoms with van der Waals surface area (Å²) in [5, 5.41) is 12.5. The van der Waals surface area contributed by atoms with E-state index in [4.69, 9.17) is 4.99 Å². The Morgan fingerprint density at radius 2 is 1.57 bits per heavy atom. The summed E-state index contributed by atoms with van der Waals surface area (Å²) in [7, 11) is 0. The molecule has 2 heterocycles. The third kappa shape index (κ3) is 5.44. The fourth-order valence-corrected chi connectivity index (χ4v) is 5.53. The van der Waals surface area contributed by atoms with Gasteiger partial charge in [-0.1, -0.05) is 41.5 Å². The largest absolute Gasteiger partial charge is 0.366 e. The van der Waals surface area contributed by atoms with Crippen LogP contribution < -0.4 is 9.80 Å². The first-order valence-electron chi connectivity index (χ1n) is 12.4. The Morgan fingerprint density at radius 1 is 0.919 bits per heavy atom. The zero-order valence-corrected chi connectivity index (χ0v) is 21.7. The van der Waals surface area contributed by atoms with Gasteiger partial charge in [0.2, 0.25) is 0 Å². The lowest BCUT2D eigenvalue weighted by Crippen LogP contribution is -2.29. The number of anilines is 2. The third-order valence-electron chi connectivity index (χ3n) is 6.55. The summed E-state index contributed by atoms with van der Waals surface area (Å²) in [4.78, 5) is 34.1. The minimum absolute atomic E-state index is 0.0654. The molecule has 0 aliphatic carbocycles. The van der Waals surface area contributed by atoms with E-state index in [0.29, 0.717) is 21.3 Å². The van der Waals surface area contributed by atoms with E-state index in [-0.39, 0.29) is 16.5 Å².